The first-order valence-corrected chi connectivity index (χ1v) is 7.61. The van der Waals surface area contributed by atoms with Gasteiger partial charge in [-0.05, 0) is 43.5 Å². The third kappa shape index (κ3) is 2.77. The molecule has 1 aromatic carbocycles. The molecule has 2 aromatic rings. The van der Waals surface area contributed by atoms with Crippen LogP contribution in [0.25, 0.3) is 0 Å². The Labute approximate surface area is 122 Å². The molecule has 0 fully saturated rings. The van der Waals surface area contributed by atoms with Crippen molar-refractivity contribution in [1.29, 1.82) is 0 Å². The van der Waals surface area contributed by atoms with E-state index in [4.69, 9.17) is 4.42 Å². The summed E-state index contributed by atoms with van der Waals surface area (Å²) in [6.45, 7) is 2.22. The Morgan fingerprint density at radius 1 is 1.37 bits per heavy atom. The van der Waals surface area contributed by atoms with Crippen molar-refractivity contribution in [2.45, 2.75) is 38.3 Å². The molecule has 0 aliphatic heterocycles. The highest BCUT2D eigenvalue weighted by Gasteiger charge is 2.23. The van der Waals surface area contributed by atoms with Crippen LogP contribution in [0.5, 0.6) is 0 Å². The Morgan fingerprint density at radius 3 is 3.11 bits per heavy atom. The van der Waals surface area contributed by atoms with E-state index in [9.17, 15) is 0 Å². The number of nitrogens with one attached hydrogen (secondary N) is 1. The summed E-state index contributed by atoms with van der Waals surface area (Å²) in [7, 11) is 0. The van der Waals surface area contributed by atoms with E-state index in [1.807, 2.05) is 6.26 Å². The van der Waals surface area contributed by atoms with Gasteiger partial charge in [0, 0.05) is 28.5 Å². The normalized spacial score (nSPS) is 20.0. The summed E-state index contributed by atoms with van der Waals surface area (Å²) in [4.78, 5) is 0. The number of furan rings is 1. The van der Waals surface area contributed by atoms with Gasteiger partial charge in [0.2, 0.25) is 0 Å². The Balaban J connectivity index is 1.76. The molecule has 3 heteroatoms. The van der Waals surface area contributed by atoms with E-state index < -0.39 is 0 Å². The lowest BCUT2D eigenvalue weighted by Gasteiger charge is -2.26. The second-order valence-electron chi connectivity index (χ2n) is 5.19. The Hall–Kier alpha value is -1.06. The summed E-state index contributed by atoms with van der Waals surface area (Å²) in [5.74, 6) is 1.16. The average Bonchev–Trinajstić information content (AvgIpc) is 2.88. The smallest absolute Gasteiger partial charge is 0.108 e. The zero-order valence-electron chi connectivity index (χ0n) is 11.0. The van der Waals surface area contributed by atoms with Crippen LogP contribution >= 0.6 is 15.9 Å². The third-order valence-corrected chi connectivity index (χ3v) is 4.35. The highest BCUT2D eigenvalue weighted by Crippen LogP contribution is 2.32. The summed E-state index contributed by atoms with van der Waals surface area (Å²) in [5.41, 5.74) is 2.65. The second-order valence-corrected chi connectivity index (χ2v) is 6.10. The van der Waals surface area contributed by atoms with Gasteiger partial charge in [-0.1, -0.05) is 28.1 Å². The molecule has 2 nitrogen and oxygen atoms in total. The van der Waals surface area contributed by atoms with Crippen molar-refractivity contribution in [1.82, 2.24) is 5.32 Å². The fraction of sp³-hybridized carbons (Fsp3) is 0.375. The molecular formula is C16H18BrNO. The van der Waals surface area contributed by atoms with Crippen molar-refractivity contribution < 1.29 is 4.42 Å². The highest BCUT2D eigenvalue weighted by molar-refractivity contribution is 9.10. The van der Waals surface area contributed by atoms with E-state index >= 15 is 0 Å². The lowest BCUT2D eigenvalue weighted by atomic mass is 9.92. The summed E-state index contributed by atoms with van der Waals surface area (Å²) in [6, 6.07) is 11.4. The summed E-state index contributed by atoms with van der Waals surface area (Å²) in [6.07, 6.45) is 5.27. The average molecular weight is 320 g/mol. The predicted octanol–water partition coefficient (Wildman–Crippen LogP) is 4.77. The third-order valence-electron chi connectivity index (χ3n) is 3.85. The Kier molecular flexibility index (Phi) is 3.76. The van der Waals surface area contributed by atoms with E-state index in [1.54, 1.807) is 0 Å². The molecule has 0 bridgehead atoms. The van der Waals surface area contributed by atoms with Gasteiger partial charge in [0.05, 0.1) is 6.26 Å². The summed E-state index contributed by atoms with van der Waals surface area (Å²) < 4.78 is 6.68. The molecule has 1 aliphatic carbocycles. The highest BCUT2D eigenvalue weighted by atomic mass is 79.9. The first-order chi connectivity index (χ1) is 9.24. The van der Waals surface area contributed by atoms with Crippen molar-refractivity contribution in [3.05, 3.63) is 58.0 Å². The van der Waals surface area contributed by atoms with Gasteiger partial charge in [-0.25, -0.2) is 0 Å². The molecule has 100 valence electrons. The van der Waals surface area contributed by atoms with Crippen LogP contribution in [0.15, 0.2) is 45.5 Å². The molecular weight excluding hydrogens is 302 g/mol. The van der Waals surface area contributed by atoms with Crippen LogP contribution in [0.4, 0.5) is 0 Å². The molecule has 1 aromatic heterocycles. The number of fused-ring (bicyclic) bond motifs is 1. The van der Waals surface area contributed by atoms with E-state index in [1.165, 1.54) is 24.0 Å². The van der Waals surface area contributed by atoms with Crippen molar-refractivity contribution in [3.63, 3.8) is 0 Å². The maximum absolute atomic E-state index is 5.55. The molecule has 0 saturated heterocycles. The number of hydrogen-bond donors (Lipinski definition) is 1. The SMILES string of the molecule is C[C@H](NC1CCCc2occc21)c1cccc(Br)c1. The van der Waals surface area contributed by atoms with Crippen LogP contribution in [0, 0.1) is 0 Å². The first-order valence-electron chi connectivity index (χ1n) is 6.82. The van der Waals surface area contributed by atoms with Crippen LogP contribution in [0.1, 0.15) is 48.7 Å². The van der Waals surface area contributed by atoms with Gasteiger partial charge in [0.1, 0.15) is 5.76 Å². The van der Waals surface area contributed by atoms with Gasteiger partial charge in [-0.3, -0.25) is 0 Å². The second kappa shape index (κ2) is 5.51. The van der Waals surface area contributed by atoms with Gasteiger partial charge in [0.15, 0.2) is 0 Å². The molecule has 3 rings (SSSR count). The first kappa shape index (κ1) is 12.9. The monoisotopic (exact) mass is 319 g/mol. The van der Waals surface area contributed by atoms with Crippen LogP contribution in [-0.2, 0) is 6.42 Å². The van der Waals surface area contributed by atoms with Crippen LogP contribution in [-0.4, -0.2) is 0 Å². The van der Waals surface area contributed by atoms with Crippen LogP contribution < -0.4 is 5.32 Å². The topological polar surface area (TPSA) is 25.2 Å². The van der Waals surface area contributed by atoms with Crippen molar-refractivity contribution in [2.75, 3.05) is 0 Å². The molecule has 1 N–H and O–H groups in total. The fourth-order valence-corrected chi connectivity index (χ4v) is 3.25. The molecule has 1 aliphatic rings. The molecule has 1 heterocycles. The molecule has 0 spiro atoms. The largest absolute Gasteiger partial charge is 0.469 e. The van der Waals surface area contributed by atoms with Gasteiger partial charge < -0.3 is 9.73 Å². The fourth-order valence-electron chi connectivity index (χ4n) is 2.83. The van der Waals surface area contributed by atoms with Crippen molar-refractivity contribution in [2.24, 2.45) is 0 Å². The summed E-state index contributed by atoms with van der Waals surface area (Å²) >= 11 is 3.53. The number of rotatable bonds is 3. The Morgan fingerprint density at radius 2 is 2.26 bits per heavy atom. The van der Waals surface area contributed by atoms with E-state index in [-0.39, 0.29) is 0 Å². The van der Waals surface area contributed by atoms with Gasteiger partial charge >= 0.3 is 0 Å². The maximum Gasteiger partial charge on any atom is 0.108 e. The maximum atomic E-state index is 5.55. The predicted molar refractivity (Wildman–Crippen MR) is 80.1 cm³/mol. The van der Waals surface area contributed by atoms with E-state index in [0.717, 1.165) is 16.7 Å². The zero-order valence-corrected chi connectivity index (χ0v) is 12.6. The van der Waals surface area contributed by atoms with Crippen LogP contribution in [0.3, 0.4) is 0 Å². The minimum Gasteiger partial charge on any atom is -0.469 e. The quantitative estimate of drug-likeness (QED) is 0.881. The Bertz CT molecular complexity index is 563. The van der Waals surface area contributed by atoms with Gasteiger partial charge in [-0.15, -0.1) is 0 Å². The molecule has 19 heavy (non-hydrogen) atoms. The zero-order chi connectivity index (χ0) is 13.2. The molecule has 2 atom stereocenters. The van der Waals surface area contributed by atoms with E-state index in [0.29, 0.717) is 12.1 Å². The lowest BCUT2D eigenvalue weighted by Crippen LogP contribution is -2.27. The van der Waals surface area contributed by atoms with Crippen LogP contribution in [0.2, 0.25) is 0 Å². The molecule has 0 saturated carbocycles. The number of halogens is 1. The number of benzene rings is 1. The van der Waals surface area contributed by atoms with Crippen molar-refractivity contribution >= 4 is 15.9 Å². The molecule has 1 unspecified atom stereocenters. The lowest BCUT2D eigenvalue weighted by molar-refractivity contribution is 0.385. The molecule has 0 radical (unpaired) electrons. The minimum absolute atomic E-state index is 0.336. The van der Waals surface area contributed by atoms with Gasteiger partial charge in [-0.2, -0.15) is 0 Å². The standard InChI is InChI=1S/C16H18BrNO/c1-11(12-4-2-5-13(17)10-12)18-15-6-3-7-16-14(15)8-9-19-16/h2,4-5,8-11,15,18H,3,6-7H2,1H3/t11-,15?/m0/s1. The minimum atomic E-state index is 0.336. The number of hydrogen-bond acceptors (Lipinski definition) is 2. The number of aryl methyl sites for hydroxylation is 1. The van der Waals surface area contributed by atoms with E-state index in [2.05, 4.69) is 58.5 Å². The summed E-state index contributed by atoms with van der Waals surface area (Å²) in [5, 5.41) is 3.72. The molecule has 0 amide bonds. The van der Waals surface area contributed by atoms with Gasteiger partial charge in [0.25, 0.3) is 0 Å². The van der Waals surface area contributed by atoms with Crippen molar-refractivity contribution in [3.8, 4) is 0 Å².